The van der Waals surface area contributed by atoms with Crippen molar-refractivity contribution in [3.05, 3.63) is 58.7 Å². The lowest BCUT2D eigenvalue weighted by Gasteiger charge is -2.39. The van der Waals surface area contributed by atoms with Gasteiger partial charge in [0.25, 0.3) is 5.91 Å². The van der Waals surface area contributed by atoms with Gasteiger partial charge in [-0.25, -0.2) is 4.98 Å². The number of pyridine rings is 1. The lowest BCUT2D eigenvalue weighted by Crippen LogP contribution is -2.43. The third-order valence-electron chi connectivity index (χ3n) is 4.69. The number of nitrogens with zero attached hydrogens (tertiary/aromatic N) is 3. The Morgan fingerprint density at radius 1 is 1.20 bits per heavy atom. The summed E-state index contributed by atoms with van der Waals surface area (Å²) >= 11 is 6.25. The Bertz CT molecular complexity index is 754. The maximum Gasteiger partial charge on any atom is 0.254 e. The molecular formula is C19H22ClN3O2. The number of piperidine rings is 1. The average molecular weight is 360 g/mol. The van der Waals surface area contributed by atoms with Crippen molar-refractivity contribution in [2.75, 3.05) is 32.1 Å². The molecule has 0 bridgehead atoms. The average Bonchev–Trinajstić information content (AvgIpc) is 2.62. The summed E-state index contributed by atoms with van der Waals surface area (Å²) in [5, 5.41) is 11.6. The van der Waals surface area contributed by atoms with E-state index in [2.05, 4.69) is 9.88 Å². The summed E-state index contributed by atoms with van der Waals surface area (Å²) in [5.41, 5.74) is 0.449. The second kappa shape index (κ2) is 7.02. The second-order valence-corrected chi connectivity index (χ2v) is 7.01. The van der Waals surface area contributed by atoms with Crippen molar-refractivity contribution in [3.8, 4) is 0 Å². The molecule has 1 aromatic carbocycles. The number of aromatic nitrogens is 1. The molecule has 1 N–H and O–H groups in total. The van der Waals surface area contributed by atoms with Crippen molar-refractivity contribution in [3.63, 3.8) is 0 Å². The summed E-state index contributed by atoms with van der Waals surface area (Å²) in [6.07, 6.45) is 2.76. The summed E-state index contributed by atoms with van der Waals surface area (Å²) in [6.45, 7) is 1.35. The number of benzene rings is 1. The summed E-state index contributed by atoms with van der Waals surface area (Å²) in [6, 6.07) is 11.1. The van der Waals surface area contributed by atoms with Crippen molar-refractivity contribution in [2.45, 2.75) is 18.4 Å². The Kier molecular flexibility index (Phi) is 4.97. The van der Waals surface area contributed by atoms with Crippen molar-refractivity contribution >= 4 is 23.3 Å². The van der Waals surface area contributed by atoms with Crippen LogP contribution in [0.25, 0.3) is 0 Å². The number of carbonyl (C=O) groups is 1. The van der Waals surface area contributed by atoms with Gasteiger partial charge in [0.1, 0.15) is 5.82 Å². The van der Waals surface area contributed by atoms with E-state index in [9.17, 15) is 9.90 Å². The largest absolute Gasteiger partial charge is 0.385 e. The molecule has 0 atom stereocenters. The van der Waals surface area contributed by atoms with E-state index in [1.807, 2.05) is 30.3 Å². The molecule has 3 rings (SSSR count). The van der Waals surface area contributed by atoms with Crippen LogP contribution in [0, 0.1) is 0 Å². The fraction of sp³-hybridized carbons (Fsp3) is 0.368. The van der Waals surface area contributed by atoms with E-state index in [1.165, 1.54) is 4.90 Å². The first-order valence-electron chi connectivity index (χ1n) is 8.31. The Balaban J connectivity index is 1.70. The maximum absolute atomic E-state index is 11.9. The lowest BCUT2D eigenvalue weighted by atomic mass is 9.84. The topological polar surface area (TPSA) is 56.7 Å². The summed E-state index contributed by atoms with van der Waals surface area (Å²) < 4.78 is 0. The third-order valence-corrected chi connectivity index (χ3v) is 5.02. The molecule has 1 amide bonds. The predicted molar refractivity (Wildman–Crippen MR) is 99.1 cm³/mol. The van der Waals surface area contributed by atoms with Crippen LogP contribution in [-0.2, 0) is 5.60 Å². The van der Waals surface area contributed by atoms with Gasteiger partial charge in [-0.1, -0.05) is 29.8 Å². The quantitative estimate of drug-likeness (QED) is 0.915. The van der Waals surface area contributed by atoms with Gasteiger partial charge in [-0.2, -0.15) is 0 Å². The van der Waals surface area contributed by atoms with Crippen LogP contribution in [-0.4, -0.2) is 48.1 Å². The molecule has 6 heteroatoms. The van der Waals surface area contributed by atoms with Gasteiger partial charge in [-0.15, -0.1) is 0 Å². The van der Waals surface area contributed by atoms with Gasteiger partial charge in [0.05, 0.1) is 11.2 Å². The maximum atomic E-state index is 11.9. The molecule has 0 unspecified atom stereocenters. The summed E-state index contributed by atoms with van der Waals surface area (Å²) in [5.74, 6) is 0.752. The Labute approximate surface area is 152 Å². The molecule has 0 aliphatic carbocycles. The molecule has 132 valence electrons. The van der Waals surface area contributed by atoms with Crippen molar-refractivity contribution < 1.29 is 9.90 Å². The molecule has 2 heterocycles. The number of rotatable bonds is 3. The Morgan fingerprint density at radius 2 is 1.88 bits per heavy atom. The zero-order valence-corrected chi connectivity index (χ0v) is 15.2. The molecule has 0 saturated carbocycles. The van der Waals surface area contributed by atoms with Crippen LogP contribution in [0.5, 0.6) is 0 Å². The van der Waals surface area contributed by atoms with E-state index in [-0.39, 0.29) is 5.91 Å². The SMILES string of the molecule is CN(C)C(=O)c1ccc(N2CCC(O)(c3ccccc3Cl)CC2)nc1. The number of carbonyl (C=O) groups excluding carboxylic acids is 1. The minimum atomic E-state index is -0.907. The van der Waals surface area contributed by atoms with Crippen molar-refractivity contribution in [2.24, 2.45) is 0 Å². The highest BCUT2D eigenvalue weighted by molar-refractivity contribution is 6.31. The molecule has 1 fully saturated rings. The number of amides is 1. The molecule has 1 aliphatic rings. The molecule has 5 nitrogen and oxygen atoms in total. The highest BCUT2D eigenvalue weighted by atomic mass is 35.5. The van der Waals surface area contributed by atoms with E-state index in [4.69, 9.17) is 11.6 Å². The van der Waals surface area contributed by atoms with Gasteiger partial charge in [0.2, 0.25) is 0 Å². The highest BCUT2D eigenvalue weighted by Crippen LogP contribution is 2.37. The van der Waals surface area contributed by atoms with E-state index in [0.717, 1.165) is 11.4 Å². The normalized spacial score (nSPS) is 16.6. The van der Waals surface area contributed by atoms with Gasteiger partial charge in [-0.3, -0.25) is 4.79 Å². The highest BCUT2D eigenvalue weighted by Gasteiger charge is 2.35. The zero-order chi connectivity index (χ0) is 18.0. The Hall–Kier alpha value is -2.11. The molecule has 1 aliphatic heterocycles. The van der Waals surface area contributed by atoms with E-state index < -0.39 is 5.60 Å². The van der Waals surface area contributed by atoms with E-state index >= 15 is 0 Å². The molecule has 1 saturated heterocycles. The minimum Gasteiger partial charge on any atom is -0.385 e. The van der Waals surface area contributed by atoms with Crippen LogP contribution in [0.4, 0.5) is 5.82 Å². The summed E-state index contributed by atoms with van der Waals surface area (Å²) in [7, 11) is 3.44. The molecule has 25 heavy (non-hydrogen) atoms. The molecule has 0 spiro atoms. The van der Waals surface area contributed by atoms with Gasteiger partial charge in [0.15, 0.2) is 0 Å². The minimum absolute atomic E-state index is 0.0641. The van der Waals surface area contributed by atoms with Crippen LogP contribution >= 0.6 is 11.6 Å². The summed E-state index contributed by atoms with van der Waals surface area (Å²) in [4.78, 5) is 20.0. The standard InChI is InChI=1S/C19H22ClN3O2/c1-22(2)18(24)14-7-8-17(21-13-14)23-11-9-19(25,10-12-23)15-5-3-4-6-16(15)20/h3-8,13,25H,9-12H2,1-2H3. The molecule has 1 aromatic heterocycles. The van der Waals surface area contributed by atoms with Crippen LogP contribution in [0.2, 0.25) is 5.02 Å². The number of anilines is 1. The van der Waals surface area contributed by atoms with Crippen molar-refractivity contribution in [1.82, 2.24) is 9.88 Å². The monoisotopic (exact) mass is 359 g/mol. The first-order valence-corrected chi connectivity index (χ1v) is 8.68. The van der Waals surface area contributed by atoms with Gasteiger partial charge >= 0.3 is 0 Å². The van der Waals surface area contributed by atoms with E-state index in [1.54, 1.807) is 26.4 Å². The molecule has 2 aromatic rings. The fourth-order valence-corrected chi connectivity index (χ4v) is 3.48. The predicted octanol–water partition coefficient (Wildman–Crippen LogP) is 2.92. The lowest BCUT2D eigenvalue weighted by molar-refractivity contribution is 0.0117. The van der Waals surface area contributed by atoms with Gasteiger partial charge in [-0.05, 0) is 31.0 Å². The molecular weight excluding hydrogens is 338 g/mol. The van der Waals surface area contributed by atoms with Crippen LogP contribution in [0.15, 0.2) is 42.6 Å². The smallest absolute Gasteiger partial charge is 0.254 e. The fourth-order valence-electron chi connectivity index (χ4n) is 3.17. The van der Waals surface area contributed by atoms with Crippen LogP contribution < -0.4 is 4.90 Å². The number of hydrogen-bond donors (Lipinski definition) is 1. The van der Waals surface area contributed by atoms with Gasteiger partial charge in [0, 0.05) is 44.0 Å². The van der Waals surface area contributed by atoms with Crippen molar-refractivity contribution in [1.29, 1.82) is 0 Å². The van der Waals surface area contributed by atoms with Crippen LogP contribution in [0.3, 0.4) is 0 Å². The van der Waals surface area contributed by atoms with E-state index in [0.29, 0.717) is 36.5 Å². The first-order chi connectivity index (χ1) is 11.9. The zero-order valence-electron chi connectivity index (χ0n) is 14.4. The second-order valence-electron chi connectivity index (χ2n) is 6.60. The number of hydrogen-bond acceptors (Lipinski definition) is 4. The molecule has 0 radical (unpaired) electrons. The third kappa shape index (κ3) is 3.62. The van der Waals surface area contributed by atoms with Gasteiger partial charge < -0.3 is 14.9 Å². The van der Waals surface area contributed by atoms with Crippen LogP contribution in [0.1, 0.15) is 28.8 Å². The Morgan fingerprint density at radius 3 is 2.44 bits per heavy atom. The number of aliphatic hydroxyl groups is 1. The first kappa shape index (κ1) is 17.7. The number of halogens is 1.